The average molecular weight is 571 g/mol. The molecule has 1 saturated heterocycles. The van der Waals surface area contributed by atoms with E-state index in [0.717, 1.165) is 35.0 Å². The molecule has 0 spiro atoms. The molecule has 1 aromatic heterocycles. The molecule has 0 saturated carbocycles. The van der Waals surface area contributed by atoms with Gasteiger partial charge in [-0.15, -0.1) is 0 Å². The monoisotopic (exact) mass is 570 g/mol. The van der Waals surface area contributed by atoms with Gasteiger partial charge in [-0.25, -0.2) is 4.98 Å². The zero-order valence-corrected chi connectivity index (χ0v) is 23.7. The number of thiazole rings is 1. The van der Waals surface area contributed by atoms with Crippen LogP contribution in [-0.4, -0.2) is 41.6 Å². The van der Waals surface area contributed by atoms with Crippen LogP contribution >= 0.6 is 11.3 Å². The summed E-state index contributed by atoms with van der Waals surface area (Å²) in [6.07, 6.45) is 3.16. The van der Waals surface area contributed by atoms with Crippen LogP contribution in [0.1, 0.15) is 48.9 Å². The molecule has 6 rings (SSSR count). The normalized spacial score (nSPS) is 17.8. The van der Waals surface area contributed by atoms with E-state index in [1.165, 1.54) is 16.2 Å². The van der Waals surface area contributed by atoms with Crippen LogP contribution in [0.25, 0.3) is 16.0 Å². The van der Waals surface area contributed by atoms with Crippen molar-refractivity contribution >= 4 is 44.1 Å². The summed E-state index contributed by atoms with van der Waals surface area (Å²) < 4.78 is 18.1. The van der Waals surface area contributed by atoms with Gasteiger partial charge in [-0.3, -0.25) is 14.5 Å². The van der Waals surface area contributed by atoms with Crippen molar-refractivity contribution in [2.75, 3.05) is 24.7 Å². The standard InChI is InChI=1S/C32H30N2O6S/c1-3-4-5-14-38-22-10-7-20(8-11-22)28-27(29(35)21-9-13-24-25(18-21)40-16-15-39-24)30(36)31(37)34(28)32-33-23-12-6-19(2)17-26(23)41-32/h6-13,17-18,28,35H,3-5,14-16H2,1-2H3/b29-27-. The summed E-state index contributed by atoms with van der Waals surface area (Å²) in [5, 5.41) is 11.9. The molecule has 1 unspecified atom stereocenters. The van der Waals surface area contributed by atoms with E-state index in [9.17, 15) is 14.7 Å². The van der Waals surface area contributed by atoms with Crippen molar-refractivity contribution < 1.29 is 28.9 Å². The van der Waals surface area contributed by atoms with Crippen molar-refractivity contribution in [2.24, 2.45) is 0 Å². The number of hydrogen-bond donors (Lipinski definition) is 1. The molecule has 9 heteroatoms. The number of benzene rings is 3. The molecule has 1 N–H and O–H groups in total. The van der Waals surface area contributed by atoms with Gasteiger partial charge in [0.2, 0.25) is 0 Å². The molecule has 1 amide bonds. The summed E-state index contributed by atoms with van der Waals surface area (Å²) in [4.78, 5) is 33.3. The van der Waals surface area contributed by atoms with E-state index in [1.54, 1.807) is 18.2 Å². The van der Waals surface area contributed by atoms with Gasteiger partial charge in [0.1, 0.15) is 24.7 Å². The Bertz CT molecular complexity index is 1660. The first-order valence-corrected chi connectivity index (χ1v) is 14.6. The number of ether oxygens (including phenoxy) is 3. The molecule has 0 aliphatic carbocycles. The van der Waals surface area contributed by atoms with Crippen LogP contribution in [0.3, 0.4) is 0 Å². The number of nitrogens with zero attached hydrogens (tertiary/aromatic N) is 2. The number of carbonyl (C=O) groups is 2. The number of anilines is 1. The number of carbonyl (C=O) groups excluding carboxylic acids is 2. The number of rotatable bonds is 8. The lowest BCUT2D eigenvalue weighted by Crippen LogP contribution is -2.29. The first-order valence-electron chi connectivity index (χ1n) is 13.8. The van der Waals surface area contributed by atoms with E-state index in [0.29, 0.717) is 53.3 Å². The quantitative estimate of drug-likeness (QED) is 0.111. The van der Waals surface area contributed by atoms with Gasteiger partial charge in [-0.2, -0.15) is 0 Å². The summed E-state index contributed by atoms with van der Waals surface area (Å²) in [5.41, 5.74) is 2.80. The van der Waals surface area contributed by atoms with E-state index in [1.807, 2.05) is 49.4 Å². The van der Waals surface area contributed by atoms with E-state index in [-0.39, 0.29) is 11.3 Å². The highest BCUT2D eigenvalue weighted by Gasteiger charge is 2.48. The molecule has 4 aromatic rings. The first kappa shape index (κ1) is 26.8. The highest BCUT2D eigenvalue weighted by molar-refractivity contribution is 7.22. The lowest BCUT2D eigenvalue weighted by atomic mass is 9.95. The predicted molar refractivity (Wildman–Crippen MR) is 158 cm³/mol. The molecule has 0 radical (unpaired) electrons. The zero-order chi connectivity index (χ0) is 28.5. The maximum atomic E-state index is 13.6. The summed E-state index contributed by atoms with van der Waals surface area (Å²) in [7, 11) is 0. The van der Waals surface area contributed by atoms with Crippen molar-refractivity contribution in [1.82, 2.24) is 4.98 Å². The van der Waals surface area contributed by atoms with Crippen LogP contribution in [-0.2, 0) is 9.59 Å². The molecule has 0 bridgehead atoms. The fourth-order valence-electron chi connectivity index (χ4n) is 5.10. The maximum absolute atomic E-state index is 13.6. The van der Waals surface area contributed by atoms with Crippen molar-refractivity contribution in [3.63, 3.8) is 0 Å². The fourth-order valence-corrected chi connectivity index (χ4v) is 6.19. The Morgan fingerprint density at radius 3 is 2.59 bits per heavy atom. The van der Waals surface area contributed by atoms with Crippen LogP contribution in [0.2, 0.25) is 0 Å². The Morgan fingerprint density at radius 1 is 1.02 bits per heavy atom. The molecule has 210 valence electrons. The summed E-state index contributed by atoms with van der Waals surface area (Å²) in [6.45, 7) is 5.56. The second-order valence-electron chi connectivity index (χ2n) is 10.1. The molecular weight excluding hydrogens is 540 g/mol. The van der Waals surface area contributed by atoms with Crippen LogP contribution in [0.15, 0.2) is 66.2 Å². The third-order valence-corrected chi connectivity index (χ3v) is 8.23. The van der Waals surface area contributed by atoms with Crippen LogP contribution < -0.4 is 19.1 Å². The Labute approximate surface area is 241 Å². The number of ketones is 1. The van der Waals surface area contributed by atoms with Crippen molar-refractivity contribution in [3.05, 3.63) is 82.9 Å². The lowest BCUT2D eigenvalue weighted by molar-refractivity contribution is -0.132. The fraction of sp³-hybridized carbons (Fsp3) is 0.281. The lowest BCUT2D eigenvalue weighted by Gasteiger charge is -2.23. The van der Waals surface area contributed by atoms with E-state index in [2.05, 4.69) is 6.92 Å². The summed E-state index contributed by atoms with van der Waals surface area (Å²) in [5.74, 6) is -0.0856. The van der Waals surface area contributed by atoms with Gasteiger partial charge < -0.3 is 19.3 Å². The Morgan fingerprint density at radius 2 is 1.80 bits per heavy atom. The summed E-state index contributed by atoms with van der Waals surface area (Å²) >= 11 is 1.34. The van der Waals surface area contributed by atoms with Gasteiger partial charge in [0.15, 0.2) is 16.6 Å². The van der Waals surface area contributed by atoms with Gasteiger partial charge >= 0.3 is 5.91 Å². The van der Waals surface area contributed by atoms with Crippen LogP contribution in [0.5, 0.6) is 17.2 Å². The number of fused-ring (bicyclic) bond motifs is 2. The van der Waals surface area contributed by atoms with Crippen LogP contribution in [0.4, 0.5) is 5.13 Å². The van der Waals surface area contributed by atoms with Crippen LogP contribution in [0, 0.1) is 6.92 Å². The molecular formula is C32H30N2O6S. The maximum Gasteiger partial charge on any atom is 0.301 e. The number of amides is 1. The van der Waals surface area contributed by atoms with Gasteiger partial charge in [0, 0.05) is 5.56 Å². The Kier molecular flexibility index (Phi) is 7.36. The largest absolute Gasteiger partial charge is 0.507 e. The SMILES string of the molecule is CCCCCOc1ccc(C2/C(=C(/O)c3ccc4c(c3)OCCO4)C(=O)C(=O)N2c2nc3ccc(C)cc3s2)cc1. The smallest absolute Gasteiger partial charge is 0.301 e. The zero-order valence-electron chi connectivity index (χ0n) is 22.9. The second kappa shape index (κ2) is 11.2. The molecule has 1 fully saturated rings. The third kappa shape index (κ3) is 5.13. The van der Waals surface area contributed by atoms with Gasteiger partial charge in [0.25, 0.3) is 5.78 Å². The number of unbranched alkanes of at least 4 members (excludes halogenated alkanes) is 2. The number of aryl methyl sites for hydroxylation is 1. The number of hydrogen-bond acceptors (Lipinski definition) is 8. The van der Waals surface area contributed by atoms with E-state index in [4.69, 9.17) is 19.2 Å². The minimum absolute atomic E-state index is 0.0151. The van der Waals surface area contributed by atoms with Gasteiger partial charge in [-0.05, 0) is 66.9 Å². The molecule has 3 heterocycles. The average Bonchev–Trinajstić information content (AvgIpc) is 3.52. The van der Waals surface area contributed by atoms with Crippen molar-refractivity contribution in [1.29, 1.82) is 0 Å². The Balaban J connectivity index is 1.44. The third-order valence-electron chi connectivity index (χ3n) is 7.21. The molecule has 41 heavy (non-hydrogen) atoms. The van der Waals surface area contributed by atoms with Crippen molar-refractivity contribution in [3.8, 4) is 17.2 Å². The minimum Gasteiger partial charge on any atom is -0.507 e. The minimum atomic E-state index is -0.890. The highest BCUT2D eigenvalue weighted by Crippen LogP contribution is 2.45. The van der Waals surface area contributed by atoms with E-state index >= 15 is 0 Å². The number of aliphatic hydroxyl groups excluding tert-OH is 1. The number of Topliss-reactive ketones (excluding diaryl/α,β-unsaturated/α-hetero) is 1. The van der Waals surface area contributed by atoms with Crippen molar-refractivity contribution in [2.45, 2.75) is 39.2 Å². The van der Waals surface area contributed by atoms with Gasteiger partial charge in [-0.1, -0.05) is 49.3 Å². The van der Waals surface area contributed by atoms with E-state index < -0.39 is 17.7 Å². The molecule has 8 nitrogen and oxygen atoms in total. The highest BCUT2D eigenvalue weighted by atomic mass is 32.1. The second-order valence-corrected chi connectivity index (χ2v) is 11.1. The summed E-state index contributed by atoms with van der Waals surface area (Å²) in [6, 6.07) is 17.2. The number of aromatic nitrogens is 1. The number of aliphatic hydroxyl groups is 1. The predicted octanol–water partition coefficient (Wildman–Crippen LogP) is 6.57. The molecule has 1 atom stereocenters. The molecule has 2 aliphatic heterocycles. The topological polar surface area (TPSA) is 98.2 Å². The Hall–Kier alpha value is -4.37. The molecule has 2 aliphatic rings. The van der Waals surface area contributed by atoms with Gasteiger partial charge in [0.05, 0.1) is 28.4 Å². The first-order chi connectivity index (χ1) is 19.9. The molecule has 3 aromatic carbocycles.